The van der Waals surface area contributed by atoms with Crippen LogP contribution in [0.1, 0.15) is 34.6 Å². The number of carbonyl (C=O) groups excluding carboxylic acids is 3. The summed E-state index contributed by atoms with van der Waals surface area (Å²) in [5, 5.41) is 2.78. The maximum atomic E-state index is 12.0. The molecular formula is C20H21NO6. The number of hydrogen-bond acceptors (Lipinski definition) is 6. The Hall–Kier alpha value is -3.35. The molecule has 142 valence electrons. The van der Waals surface area contributed by atoms with Crippen LogP contribution >= 0.6 is 0 Å². The number of ether oxygens (including phenoxy) is 3. The third-order valence-electron chi connectivity index (χ3n) is 3.66. The number of carbonyl (C=O) groups is 3. The van der Waals surface area contributed by atoms with Crippen LogP contribution < -0.4 is 10.1 Å². The number of hydrogen-bond donors (Lipinski definition) is 1. The Morgan fingerprint density at radius 1 is 0.852 bits per heavy atom. The van der Waals surface area contributed by atoms with E-state index in [1.54, 1.807) is 38.1 Å². The number of rotatable bonds is 6. The molecule has 0 aliphatic carbocycles. The van der Waals surface area contributed by atoms with Gasteiger partial charge >= 0.3 is 11.9 Å². The molecule has 0 saturated carbocycles. The lowest BCUT2D eigenvalue weighted by atomic mass is 10.1. The SMILES string of the molecule is COC(=O)c1ccc(Oc2cccc(NC(=O)C(C)C)c2)cc1C(=O)OC. The highest BCUT2D eigenvalue weighted by atomic mass is 16.5. The molecule has 7 nitrogen and oxygen atoms in total. The van der Waals surface area contributed by atoms with Crippen molar-refractivity contribution in [3.8, 4) is 11.5 Å². The van der Waals surface area contributed by atoms with Crippen LogP contribution in [0.4, 0.5) is 5.69 Å². The molecule has 2 aromatic carbocycles. The number of benzene rings is 2. The van der Waals surface area contributed by atoms with Gasteiger partial charge in [-0.2, -0.15) is 0 Å². The minimum absolute atomic E-state index is 0.0334. The highest BCUT2D eigenvalue weighted by molar-refractivity contribution is 6.03. The maximum Gasteiger partial charge on any atom is 0.338 e. The first-order valence-corrected chi connectivity index (χ1v) is 8.25. The summed E-state index contributed by atoms with van der Waals surface area (Å²) in [6.07, 6.45) is 0. The molecule has 0 saturated heterocycles. The van der Waals surface area contributed by atoms with Crippen LogP contribution in [0.5, 0.6) is 11.5 Å². The van der Waals surface area contributed by atoms with Crippen molar-refractivity contribution in [2.24, 2.45) is 5.92 Å². The molecule has 0 aromatic heterocycles. The minimum atomic E-state index is -0.682. The van der Waals surface area contributed by atoms with Crippen LogP contribution in [0.25, 0.3) is 0 Å². The Balaban J connectivity index is 2.28. The van der Waals surface area contributed by atoms with E-state index in [9.17, 15) is 14.4 Å². The smallest absolute Gasteiger partial charge is 0.338 e. The lowest BCUT2D eigenvalue weighted by molar-refractivity contribution is -0.118. The van der Waals surface area contributed by atoms with Gasteiger partial charge in [-0.15, -0.1) is 0 Å². The van der Waals surface area contributed by atoms with Gasteiger partial charge in [0.05, 0.1) is 25.3 Å². The van der Waals surface area contributed by atoms with Crippen molar-refractivity contribution >= 4 is 23.5 Å². The second-order valence-electron chi connectivity index (χ2n) is 5.96. The lowest BCUT2D eigenvalue weighted by Gasteiger charge is -2.12. The van der Waals surface area contributed by atoms with Crippen LogP contribution in [0, 0.1) is 5.92 Å². The Morgan fingerprint density at radius 2 is 1.48 bits per heavy atom. The molecule has 27 heavy (non-hydrogen) atoms. The fourth-order valence-electron chi connectivity index (χ4n) is 2.21. The molecule has 1 N–H and O–H groups in total. The molecule has 0 aliphatic rings. The molecule has 0 heterocycles. The van der Waals surface area contributed by atoms with E-state index in [2.05, 4.69) is 10.1 Å². The van der Waals surface area contributed by atoms with Gasteiger partial charge < -0.3 is 19.5 Å². The Kier molecular flexibility index (Phi) is 6.54. The van der Waals surface area contributed by atoms with Crippen LogP contribution in [-0.4, -0.2) is 32.1 Å². The summed E-state index contributed by atoms with van der Waals surface area (Å²) >= 11 is 0. The van der Waals surface area contributed by atoms with Crippen molar-refractivity contribution in [1.82, 2.24) is 0 Å². The summed E-state index contributed by atoms with van der Waals surface area (Å²) in [5.41, 5.74) is 0.700. The first-order valence-electron chi connectivity index (χ1n) is 8.25. The zero-order valence-corrected chi connectivity index (χ0v) is 15.6. The van der Waals surface area contributed by atoms with E-state index in [-0.39, 0.29) is 23.0 Å². The molecule has 0 radical (unpaired) electrons. The van der Waals surface area contributed by atoms with Crippen molar-refractivity contribution < 1.29 is 28.6 Å². The monoisotopic (exact) mass is 371 g/mol. The summed E-state index contributed by atoms with van der Waals surface area (Å²) in [4.78, 5) is 35.6. The third kappa shape index (κ3) is 5.07. The Bertz CT molecular complexity index is 859. The van der Waals surface area contributed by atoms with Gasteiger partial charge in [0.1, 0.15) is 11.5 Å². The fraction of sp³-hybridized carbons (Fsp3) is 0.250. The number of anilines is 1. The summed E-state index contributed by atoms with van der Waals surface area (Å²) < 4.78 is 15.1. The quantitative estimate of drug-likeness (QED) is 0.780. The average molecular weight is 371 g/mol. The molecular weight excluding hydrogens is 350 g/mol. The third-order valence-corrected chi connectivity index (χ3v) is 3.66. The topological polar surface area (TPSA) is 90.9 Å². The summed E-state index contributed by atoms with van der Waals surface area (Å²) in [6, 6.07) is 11.2. The van der Waals surface area contributed by atoms with E-state index in [1.807, 2.05) is 0 Å². The molecule has 0 spiro atoms. The van der Waals surface area contributed by atoms with Gasteiger partial charge in [-0.3, -0.25) is 4.79 Å². The van der Waals surface area contributed by atoms with E-state index in [1.165, 1.54) is 32.4 Å². The second kappa shape index (κ2) is 8.84. The predicted molar refractivity (Wildman–Crippen MR) is 99.1 cm³/mol. The standard InChI is InChI=1S/C20H21NO6/c1-12(2)18(22)21-13-6-5-7-14(10-13)27-15-8-9-16(19(23)25-3)17(11-15)20(24)26-4/h5-12H,1-4H3,(H,21,22). The molecule has 0 unspecified atom stereocenters. The number of methoxy groups -OCH3 is 2. The molecule has 1 amide bonds. The van der Waals surface area contributed by atoms with Gasteiger partial charge in [0.25, 0.3) is 0 Å². The molecule has 0 aliphatic heterocycles. The van der Waals surface area contributed by atoms with Gasteiger partial charge in [-0.25, -0.2) is 9.59 Å². The van der Waals surface area contributed by atoms with Gasteiger partial charge in [0, 0.05) is 17.7 Å². The van der Waals surface area contributed by atoms with Crippen molar-refractivity contribution in [3.05, 3.63) is 53.6 Å². The van der Waals surface area contributed by atoms with Crippen LogP contribution in [-0.2, 0) is 14.3 Å². The van der Waals surface area contributed by atoms with Crippen LogP contribution in [0.15, 0.2) is 42.5 Å². The number of amides is 1. The molecule has 0 atom stereocenters. The highest BCUT2D eigenvalue weighted by Gasteiger charge is 2.19. The van der Waals surface area contributed by atoms with Gasteiger partial charge in [-0.05, 0) is 30.3 Å². The van der Waals surface area contributed by atoms with E-state index in [0.29, 0.717) is 17.2 Å². The average Bonchev–Trinajstić information content (AvgIpc) is 2.66. The summed E-state index contributed by atoms with van der Waals surface area (Å²) in [5.74, 6) is -0.807. The molecule has 2 rings (SSSR count). The number of esters is 2. The predicted octanol–water partition coefficient (Wildman–Crippen LogP) is 3.65. The van der Waals surface area contributed by atoms with E-state index < -0.39 is 11.9 Å². The minimum Gasteiger partial charge on any atom is -0.465 e. The van der Waals surface area contributed by atoms with Gasteiger partial charge in [-0.1, -0.05) is 19.9 Å². The van der Waals surface area contributed by atoms with Crippen molar-refractivity contribution in [2.75, 3.05) is 19.5 Å². The van der Waals surface area contributed by atoms with Crippen LogP contribution in [0.2, 0.25) is 0 Å². The van der Waals surface area contributed by atoms with Crippen molar-refractivity contribution in [1.29, 1.82) is 0 Å². The number of nitrogens with one attached hydrogen (secondary N) is 1. The van der Waals surface area contributed by atoms with Gasteiger partial charge in [0.2, 0.25) is 5.91 Å². The van der Waals surface area contributed by atoms with E-state index in [0.717, 1.165) is 0 Å². The molecule has 7 heteroatoms. The maximum absolute atomic E-state index is 12.0. The zero-order valence-electron chi connectivity index (χ0n) is 15.6. The van der Waals surface area contributed by atoms with Crippen molar-refractivity contribution in [2.45, 2.75) is 13.8 Å². The Morgan fingerprint density at radius 3 is 2.11 bits per heavy atom. The van der Waals surface area contributed by atoms with Crippen molar-refractivity contribution in [3.63, 3.8) is 0 Å². The van der Waals surface area contributed by atoms with E-state index in [4.69, 9.17) is 9.47 Å². The molecule has 0 bridgehead atoms. The fourth-order valence-corrected chi connectivity index (χ4v) is 2.21. The first-order chi connectivity index (χ1) is 12.8. The second-order valence-corrected chi connectivity index (χ2v) is 5.96. The molecule has 0 fully saturated rings. The first kappa shape index (κ1) is 20.0. The zero-order chi connectivity index (χ0) is 20.0. The highest BCUT2D eigenvalue weighted by Crippen LogP contribution is 2.27. The van der Waals surface area contributed by atoms with Gasteiger partial charge in [0.15, 0.2) is 0 Å². The Labute approximate surface area is 157 Å². The lowest BCUT2D eigenvalue weighted by Crippen LogP contribution is -2.17. The largest absolute Gasteiger partial charge is 0.465 e. The van der Waals surface area contributed by atoms with E-state index >= 15 is 0 Å². The summed E-state index contributed by atoms with van der Waals surface area (Å²) in [7, 11) is 2.45. The van der Waals surface area contributed by atoms with Crippen LogP contribution in [0.3, 0.4) is 0 Å². The normalized spacial score (nSPS) is 10.3. The molecule has 2 aromatic rings. The summed E-state index contributed by atoms with van der Waals surface area (Å²) in [6.45, 7) is 3.60.